The molecule has 0 aliphatic carbocycles. The van der Waals surface area contributed by atoms with E-state index in [4.69, 9.17) is 18.9 Å². The van der Waals surface area contributed by atoms with E-state index in [1.165, 1.54) is 5.56 Å². The van der Waals surface area contributed by atoms with Crippen LogP contribution in [0.15, 0.2) is 34.8 Å². The van der Waals surface area contributed by atoms with Crippen LogP contribution in [0.3, 0.4) is 0 Å². The van der Waals surface area contributed by atoms with Crippen molar-refractivity contribution in [2.45, 2.75) is 25.9 Å². The number of hydrogen-bond acceptors (Lipinski definition) is 5. The van der Waals surface area contributed by atoms with Crippen molar-refractivity contribution in [1.29, 1.82) is 0 Å². The zero-order valence-corrected chi connectivity index (χ0v) is 16.3. The van der Waals surface area contributed by atoms with E-state index in [9.17, 15) is 0 Å². The monoisotopic (exact) mass is 419 g/mol. The number of halogens is 1. The minimum Gasteiger partial charge on any atom is -0.486 e. The molecule has 0 fully saturated rings. The maximum absolute atomic E-state index is 5.68. The molecule has 1 N–H and O–H groups in total. The summed E-state index contributed by atoms with van der Waals surface area (Å²) in [5.74, 6) is 3.29. The number of rotatable bonds is 5. The predicted octanol–water partition coefficient (Wildman–Crippen LogP) is 3.71. The lowest BCUT2D eigenvalue weighted by molar-refractivity contribution is 0.171. The molecule has 0 aromatic heterocycles. The second-order valence-electron chi connectivity index (χ2n) is 6.55. The summed E-state index contributed by atoms with van der Waals surface area (Å²) in [6.45, 7) is 5.37. The standard InChI is InChI=1S/C20H22BrNO4/c1-13(8-14-2-3-17-18(9-14)24-5-4-23-17)22-12-15-10-19-20(11-16(15)21)26-7-6-25-19/h2-3,9-11,13,22H,4-8,12H2,1H3. The molecule has 1 unspecified atom stereocenters. The molecule has 5 nitrogen and oxygen atoms in total. The van der Waals surface area contributed by atoms with Gasteiger partial charge in [-0.1, -0.05) is 22.0 Å². The minimum atomic E-state index is 0.317. The van der Waals surface area contributed by atoms with Crippen molar-refractivity contribution < 1.29 is 18.9 Å². The molecule has 1 atom stereocenters. The van der Waals surface area contributed by atoms with Gasteiger partial charge in [-0.3, -0.25) is 0 Å². The summed E-state index contributed by atoms with van der Waals surface area (Å²) in [5, 5.41) is 3.58. The Bertz CT molecular complexity index is 796. The zero-order valence-electron chi connectivity index (χ0n) is 14.7. The van der Waals surface area contributed by atoms with Gasteiger partial charge in [-0.05, 0) is 48.7 Å². The number of nitrogens with one attached hydrogen (secondary N) is 1. The second kappa shape index (κ2) is 7.76. The van der Waals surface area contributed by atoms with E-state index in [0.29, 0.717) is 32.5 Å². The first-order valence-corrected chi connectivity index (χ1v) is 9.68. The molecule has 2 aromatic rings. The SMILES string of the molecule is CC(Cc1ccc2c(c1)OCCO2)NCc1cc2c(cc1Br)OCCO2. The Morgan fingerprint density at radius 1 is 0.885 bits per heavy atom. The number of fused-ring (bicyclic) bond motifs is 2. The van der Waals surface area contributed by atoms with E-state index in [-0.39, 0.29) is 0 Å². The Morgan fingerprint density at radius 3 is 2.23 bits per heavy atom. The first kappa shape index (κ1) is 17.5. The average Bonchev–Trinajstić information content (AvgIpc) is 2.66. The van der Waals surface area contributed by atoms with E-state index < -0.39 is 0 Å². The van der Waals surface area contributed by atoms with Gasteiger partial charge < -0.3 is 24.3 Å². The fraction of sp³-hybridized carbons (Fsp3) is 0.400. The van der Waals surface area contributed by atoms with Gasteiger partial charge in [-0.25, -0.2) is 0 Å². The predicted molar refractivity (Wildman–Crippen MR) is 103 cm³/mol. The topological polar surface area (TPSA) is 49.0 Å². The molecule has 0 radical (unpaired) electrons. The molecule has 2 aliphatic heterocycles. The molecule has 0 amide bonds. The molecule has 6 heteroatoms. The Hall–Kier alpha value is -1.92. The summed E-state index contributed by atoms with van der Waals surface area (Å²) in [7, 11) is 0. The van der Waals surface area contributed by atoms with Gasteiger partial charge in [0.05, 0.1) is 0 Å². The average molecular weight is 420 g/mol. The first-order chi connectivity index (χ1) is 12.7. The maximum Gasteiger partial charge on any atom is 0.162 e. The molecule has 4 rings (SSSR count). The fourth-order valence-corrected chi connectivity index (χ4v) is 3.63. The van der Waals surface area contributed by atoms with Crippen LogP contribution in [0.4, 0.5) is 0 Å². The van der Waals surface area contributed by atoms with Crippen LogP contribution in [-0.4, -0.2) is 32.5 Å². The van der Waals surface area contributed by atoms with Crippen molar-refractivity contribution in [2.24, 2.45) is 0 Å². The van der Waals surface area contributed by atoms with Crippen LogP contribution in [0, 0.1) is 0 Å². The van der Waals surface area contributed by atoms with Gasteiger partial charge in [0.25, 0.3) is 0 Å². The van der Waals surface area contributed by atoms with Crippen molar-refractivity contribution in [3.8, 4) is 23.0 Å². The minimum absolute atomic E-state index is 0.317. The van der Waals surface area contributed by atoms with Crippen LogP contribution in [0.5, 0.6) is 23.0 Å². The van der Waals surface area contributed by atoms with Crippen molar-refractivity contribution >= 4 is 15.9 Å². The molecule has 2 aliphatic rings. The summed E-state index contributed by atoms with van der Waals surface area (Å²) in [6.07, 6.45) is 0.915. The lowest BCUT2D eigenvalue weighted by Gasteiger charge is -2.21. The summed E-state index contributed by atoms with van der Waals surface area (Å²) < 4.78 is 23.6. The molecule has 2 aromatic carbocycles. The van der Waals surface area contributed by atoms with Gasteiger partial charge in [0.2, 0.25) is 0 Å². The maximum atomic E-state index is 5.68. The van der Waals surface area contributed by atoms with Crippen molar-refractivity contribution in [1.82, 2.24) is 5.32 Å². The van der Waals surface area contributed by atoms with Crippen LogP contribution in [0.2, 0.25) is 0 Å². The smallest absolute Gasteiger partial charge is 0.162 e. The molecule has 0 spiro atoms. The normalized spacial score (nSPS) is 16.2. The third-order valence-electron chi connectivity index (χ3n) is 4.50. The van der Waals surface area contributed by atoms with Gasteiger partial charge in [-0.15, -0.1) is 0 Å². The molecular formula is C20H22BrNO4. The van der Waals surface area contributed by atoms with E-state index >= 15 is 0 Å². The molecule has 0 saturated carbocycles. The molecular weight excluding hydrogens is 398 g/mol. The lowest BCUT2D eigenvalue weighted by Crippen LogP contribution is -2.28. The third kappa shape index (κ3) is 3.91. The summed E-state index contributed by atoms with van der Waals surface area (Å²) in [5.41, 5.74) is 2.39. The third-order valence-corrected chi connectivity index (χ3v) is 5.24. The van der Waals surface area contributed by atoms with Crippen molar-refractivity contribution in [3.63, 3.8) is 0 Å². The first-order valence-electron chi connectivity index (χ1n) is 8.89. The van der Waals surface area contributed by atoms with Crippen molar-refractivity contribution in [2.75, 3.05) is 26.4 Å². The van der Waals surface area contributed by atoms with E-state index in [0.717, 1.165) is 46.0 Å². The van der Waals surface area contributed by atoms with Crippen LogP contribution < -0.4 is 24.3 Å². The van der Waals surface area contributed by atoms with Crippen LogP contribution >= 0.6 is 15.9 Å². The van der Waals surface area contributed by atoms with Gasteiger partial charge in [0, 0.05) is 17.1 Å². The highest BCUT2D eigenvalue weighted by Crippen LogP contribution is 2.35. The molecule has 2 heterocycles. The molecule has 26 heavy (non-hydrogen) atoms. The lowest BCUT2D eigenvalue weighted by atomic mass is 10.1. The molecule has 0 saturated heterocycles. The second-order valence-corrected chi connectivity index (χ2v) is 7.41. The summed E-state index contributed by atoms with van der Waals surface area (Å²) in [4.78, 5) is 0. The van der Waals surface area contributed by atoms with Gasteiger partial charge in [0.15, 0.2) is 23.0 Å². The van der Waals surface area contributed by atoms with Crippen LogP contribution in [0.25, 0.3) is 0 Å². The number of ether oxygens (including phenoxy) is 4. The Morgan fingerprint density at radius 2 is 1.50 bits per heavy atom. The fourth-order valence-electron chi connectivity index (χ4n) is 3.17. The number of hydrogen-bond donors (Lipinski definition) is 1. The molecule has 138 valence electrons. The Labute approximate surface area is 161 Å². The Balaban J connectivity index is 1.37. The van der Waals surface area contributed by atoms with Crippen molar-refractivity contribution in [3.05, 3.63) is 45.9 Å². The zero-order chi connectivity index (χ0) is 17.9. The van der Waals surface area contributed by atoms with Crippen LogP contribution in [0.1, 0.15) is 18.1 Å². The highest BCUT2D eigenvalue weighted by molar-refractivity contribution is 9.10. The van der Waals surface area contributed by atoms with Gasteiger partial charge in [-0.2, -0.15) is 0 Å². The number of benzene rings is 2. The Kier molecular flexibility index (Phi) is 5.22. The highest BCUT2D eigenvalue weighted by atomic mass is 79.9. The summed E-state index contributed by atoms with van der Waals surface area (Å²) in [6, 6.07) is 10.5. The van der Waals surface area contributed by atoms with E-state index in [1.807, 2.05) is 18.2 Å². The van der Waals surface area contributed by atoms with E-state index in [2.05, 4.69) is 40.3 Å². The van der Waals surface area contributed by atoms with E-state index in [1.54, 1.807) is 0 Å². The van der Waals surface area contributed by atoms with Crippen LogP contribution in [-0.2, 0) is 13.0 Å². The largest absolute Gasteiger partial charge is 0.486 e. The van der Waals surface area contributed by atoms with Gasteiger partial charge in [0.1, 0.15) is 26.4 Å². The van der Waals surface area contributed by atoms with Gasteiger partial charge >= 0.3 is 0 Å². The quantitative estimate of drug-likeness (QED) is 0.800. The highest BCUT2D eigenvalue weighted by Gasteiger charge is 2.16. The summed E-state index contributed by atoms with van der Waals surface area (Å²) >= 11 is 3.63. The molecule has 0 bridgehead atoms.